The third kappa shape index (κ3) is 4.44. The van der Waals surface area contributed by atoms with Crippen LogP contribution in [0.2, 0.25) is 0 Å². The monoisotopic (exact) mass is 482 g/mol. The largest absolute Gasteiger partial charge is 0.508 e. The Morgan fingerprint density at radius 2 is 1.49 bits per heavy atom. The van der Waals surface area contributed by atoms with E-state index in [-0.39, 0.29) is 52.2 Å². The van der Waals surface area contributed by atoms with E-state index in [2.05, 4.69) is 0 Å². The van der Waals surface area contributed by atoms with Crippen molar-refractivity contribution in [2.24, 2.45) is 0 Å². The van der Waals surface area contributed by atoms with Crippen LogP contribution in [0.5, 0.6) is 40.2 Å². The van der Waals surface area contributed by atoms with Crippen LogP contribution >= 0.6 is 0 Å². The molecule has 1 heterocycles. The fourth-order valence-corrected chi connectivity index (χ4v) is 4.19. The SMILES string of the molecule is COc1cc(C2Oc3cc(O)cc(O)c3C[C@H]2OC(=O)c2cc(C)c(O)c(C)c2)cc(OC)c1O. The normalized spacial score (nSPS) is 16.7. The lowest BCUT2D eigenvalue weighted by Gasteiger charge is -2.34. The summed E-state index contributed by atoms with van der Waals surface area (Å²) in [5, 5.41) is 40.7. The van der Waals surface area contributed by atoms with Gasteiger partial charge in [-0.25, -0.2) is 4.79 Å². The van der Waals surface area contributed by atoms with Crippen LogP contribution in [0.25, 0.3) is 0 Å². The van der Waals surface area contributed by atoms with Gasteiger partial charge >= 0.3 is 5.97 Å². The highest BCUT2D eigenvalue weighted by Crippen LogP contribution is 2.46. The van der Waals surface area contributed by atoms with Gasteiger partial charge in [-0.3, -0.25) is 0 Å². The molecule has 4 rings (SSSR count). The number of esters is 1. The highest BCUT2D eigenvalue weighted by Gasteiger charge is 2.37. The molecule has 0 saturated heterocycles. The highest BCUT2D eigenvalue weighted by atomic mass is 16.6. The molecule has 1 aliphatic rings. The molecule has 3 aromatic rings. The van der Waals surface area contributed by atoms with E-state index < -0.39 is 18.2 Å². The summed E-state index contributed by atoms with van der Waals surface area (Å²) in [5.74, 6) is -0.652. The predicted molar refractivity (Wildman–Crippen MR) is 125 cm³/mol. The van der Waals surface area contributed by atoms with Crippen LogP contribution in [0.15, 0.2) is 36.4 Å². The molecule has 184 valence electrons. The zero-order valence-corrected chi connectivity index (χ0v) is 19.7. The van der Waals surface area contributed by atoms with Crippen LogP contribution < -0.4 is 14.2 Å². The van der Waals surface area contributed by atoms with Crippen molar-refractivity contribution in [2.75, 3.05) is 14.2 Å². The Balaban J connectivity index is 1.77. The van der Waals surface area contributed by atoms with Crippen LogP contribution in [0.1, 0.15) is 38.7 Å². The van der Waals surface area contributed by atoms with E-state index in [0.29, 0.717) is 22.3 Å². The molecule has 0 saturated carbocycles. The first-order chi connectivity index (χ1) is 16.6. The minimum absolute atomic E-state index is 0.0827. The number of ether oxygens (including phenoxy) is 4. The summed E-state index contributed by atoms with van der Waals surface area (Å²) < 4.78 is 22.5. The van der Waals surface area contributed by atoms with E-state index >= 15 is 0 Å². The lowest BCUT2D eigenvalue weighted by atomic mass is 9.93. The quantitative estimate of drug-likeness (QED) is 0.397. The topological polar surface area (TPSA) is 135 Å². The molecule has 0 fully saturated rings. The number of rotatable bonds is 5. The van der Waals surface area contributed by atoms with Crippen molar-refractivity contribution in [3.05, 3.63) is 64.2 Å². The molecular formula is C26H26O9. The summed E-state index contributed by atoms with van der Waals surface area (Å²) in [6, 6.07) is 8.67. The van der Waals surface area contributed by atoms with Gasteiger partial charge in [-0.2, -0.15) is 0 Å². The summed E-state index contributed by atoms with van der Waals surface area (Å²) in [5.41, 5.74) is 2.14. The van der Waals surface area contributed by atoms with Gasteiger partial charge in [0, 0.05) is 29.7 Å². The average Bonchev–Trinajstić information content (AvgIpc) is 2.82. The number of phenolic OH excluding ortho intramolecular Hbond substituents is 4. The van der Waals surface area contributed by atoms with Crippen LogP contribution in [-0.4, -0.2) is 46.7 Å². The van der Waals surface area contributed by atoms with Crippen LogP contribution in [-0.2, 0) is 11.2 Å². The number of aromatic hydroxyl groups is 4. The van der Waals surface area contributed by atoms with Gasteiger partial charge in [-0.15, -0.1) is 0 Å². The first-order valence-corrected chi connectivity index (χ1v) is 10.8. The number of fused-ring (bicyclic) bond motifs is 1. The minimum Gasteiger partial charge on any atom is -0.508 e. The first kappa shape index (κ1) is 23.9. The lowest BCUT2D eigenvalue weighted by molar-refractivity contribution is -0.0189. The van der Waals surface area contributed by atoms with Crippen molar-refractivity contribution in [3.63, 3.8) is 0 Å². The molecule has 0 spiro atoms. The number of hydrogen-bond donors (Lipinski definition) is 4. The number of aryl methyl sites for hydroxylation is 2. The van der Waals surface area contributed by atoms with Crippen molar-refractivity contribution in [1.82, 2.24) is 0 Å². The predicted octanol–water partition coefficient (Wildman–Crippen LogP) is 4.04. The summed E-state index contributed by atoms with van der Waals surface area (Å²) in [6.45, 7) is 3.36. The van der Waals surface area contributed by atoms with Crippen molar-refractivity contribution in [1.29, 1.82) is 0 Å². The molecule has 0 aliphatic carbocycles. The summed E-state index contributed by atoms with van der Waals surface area (Å²) >= 11 is 0. The molecule has 35 heavy (non-hydrogen) atoms. The van der Waals surface area contributed by atoms with E-state index in [0.717, 1.165) is 0 Å². The average molecular weight is 482 g/mol. The molecular weight excluding hydrogens is 456 g/mol. The Hall–Kier alpha value is -4.27. The van der Waals surface area contributed by atoms with Crippen LogP contribution in [0, 0.1) is 13.8 Å². The third-order valence-corrected chi connectivity index (χ3v) is 5.98. The molecule has 4 N–H and O–H groups in total. The second-order valence-corrected chi connectivity index (χ2v) is 8.36. The van der Waals surface area contributed by atoms with Gasteiger partial charge in [0.1, 0.15) is 29.1 Å². The summed E-state index contributed by atoms with van der Waals surface area (Å²) in [4.78, 5) is 13.1. The number of benzene rings is 3. The smallest absolute Gasteiger partial charge is 0.338 e. The van der Waals surface area contributed by atoms with Gasteiger partial charge in [0.2, 0.25) is 5.75 Å². The van der Waals surface area contributed by atoms with Gasteiger partial charge in [0.25, 0.3) is 0 Å². The van der Waals surface area contributed by atoms with Gasteiger partial charge in [0.05, 0.1) is 19.8 Å². The Morgan fingerprint density at radius 3 is 2.06 bits per heavy atom. The maximum Gasteiger partial charge on any atom is 0.338 e. The van der Waals surface area contributed by atoms with Crippen LogP contribution in [0.4, 0.5) is 0 Å². The van der Waals surface area contributed by atoms with E-state index in [1.54, 1.807) is 13.8 Å². The van der Waals surface area contributed by atoms with Gasteiger partial charge < -0.3 is 39.4 Å². The lowest BCUT2D eigenvalue weighted by Crippen LogP contribution is -2.35. The van der Waals surface area contributed by atoms with Crippen molar-refractivity contribution < 1.29 is 44.2 Å². The fourth-order valence-electron chi connectivity index (χ4n) is 4.19. The van der Waals surface area contributed by atoms with E-state index in [9.17, 15) is 25.2 Å². The molecule has 9 heteroatoms. The molecule has 3 aromatic carbocycles. The maximum absolute atomic E-state index is 13.1. The van der Waals surface area contributed by atoms with Crippen molar-refractivity contribution in [2.45, 2.75) is 32.5 Å². The standard InChI is InChI=1S/C26H26O9/c1-12-5-15(6-13(2)23(12)29)26(31)35-22-11-17-18(28)9-16(27)10-19(17)34-25(22)14-7-20(32-3)24(30)21(8-14)33-4/h5-10,22,25,27-30H,11H2,1-4H3/t22-,25?/m1/s1. The zero-order valence-electron chi connectivity index (χ0n) is 19.7. The molecule has 2 atom stereocenters. The number of methoxy groups -OCH3 is 2. The summed E-state index contributed by atoms with van der Waals surface area (Å²) in [7, 11) is 2.77. The molecule has 0 radical (unpaired) electrons. The second-order valence-electron chi connectivity index (χ2n) is 8.36. The molecule has 9 nitrogen and oxygen atoms in total. The van der Waals surface area contributed by atoms with Gasteiger partial charge in [-0.05, 0) is 49.2 Å². The first-order valence-electron chi connectivity index (χ1n) is 10.8. The Kier molecular flexibility index (Phi) is 6.26. The number of hydrogen-bond acceptors (Lipinski definition) is 9. The van der Waals surface area contributed by atoms with Gasteiger partial charge in [0.15, 0.2) is 17.6 Å². The second kappa shape index (κ2) is 9.17. The Labute approximate surface area is 201 Å². The Morgan fingerprint density at radius 1 is 0.886 bits per heavy atom. The van der Waals surface area contributed by atoms with Crippen LogP contribution in [0.3, 0.4) is 0 Å². The van der Waals surface area contributed by atoms with Crippen molar-refractivity contribution >= 4 is 5.97 Å². The zero-order chi connectivity index (χ0) is 25.4. The molecule has 0 amide bonds. The van der Waals surface area contributed by atoms with Crippen molar-refractivity contribution in [3.8, 4) is 40.2 Å². The highest BCUT2D eigenvalue weighted by molar-refractivity contribution is 5.90. The number of carbonyl (C=O) groups excluding carboxylic acids is 1. The van der Waals surface area contributed by atoms with Gasteiger partial charge in [-0.1, -0.05) is 0 Å². The van der Waals surface area contributed by atoms with E-state index in [1.165, 1.54) is 50.6 Å². The molecule has 0 aromatic heterocycles. The maximum atomic E-state index is 13.1. The number of carbonyl (C=O) groups is 1. The minimum atomic E-state index is -0.904. The molecule has 1 unspecified atom stereocenters. The molecule has 1 aliphatic heterocycles. The fraction of sp³-hybridized carbons (Fsp3) is 0.269. The summed E-state index contributed by atoms with van der Waals surface area (Å²) in [6.07, 6.45) is -1.71. The molecule has 0 bridgehead atoms. The Bertz CT molecular complexity index is 1250. The van der Waals surface area contributed by atoms with E-state index in [1.807, 2.05) is 0 Å². The van der Waals surface area contributed by atoms with E-state index in [4.69, 9.17) is 18.9 Å². The third-order valence-electron chi connectivity index (χ3n) is 5.98. The number of phenols is 4.